The van der Waals surface area contributed by atoms with Gasteiger partial charge in [0.25, 0.3) is 0 Å². The van der Waals surface area contributed by atoms with Crippen LogP contribution in [0.15, 0.2) is 46.9 Å². The van der Waals surface area contributed by atoms with Crippen molar-refractivity contribution in [3.8, 4) is 5.75 Å². The average molecular weight is 328 g/mol. The fourth-order valence-electron chi connectivity index (χ4n) is 2.15. The number of para-hydroxylation sites is 2. The van der Waals surface area contributed by atoms with Gasteiger partial charge in [0.15, 0.2) is 17.9 Å². The number of aromatic nitrogens is 1. The number of nitro benzene ring substituents is 1. The van der Waals surface area contributed by atoms with E-state index >= 15 is 0 Å². The summed E-state index contributed by atoms with van der Waals surface area (Å²) in [5, 5.41) is 11.1. The Labute approximate surface area is 135 Å². The Morgan fingerprint density at radius 3 is 2.79 bits per heavy atom. The molecule has 3 aromatic rings. The Morgan fingerprint density at radius 2 is 2.08 bits per heavy atom. The molecule has 0 bridgehead atoms. The minimum atomic E-state index is -0.614. The van der Waals surface area contributed by atoms with Gasteiger partial charge in [-0.15, -0.1) is 0 Å². The number of rotatable bonds is 5. The molecule has 0 aliphatic heterocycles. The first-order valence-electron chi connectivity index (χ1n) is 6.92. The topological polar surface area (TPSA) is 105 Å². The largest absolute Gasteiger partial charge is 0.477 e. The van der Waals surface area contributed by atoms with Crippen LogP contribution in [0.3, 0.4) is 0 Å². The number of nitrogens with zero attached hydrogens (tertiary/aromatic N) is 2. The summed E-state index contributed by atoms with van der Waals surface area (Å²) < 4.78 is 15.5. The summed E-state index contributed by atoms with van der Waals surface area (Å²) in [6.45, 7) is -0.111. The molecule has 8 heteroatoms. The second-order valence-electron chi connectivity index (χ2n) is 4.80. The van der Waals surface area contributed by atoms with Crippen molar-refractivity contribution >= 4 is 22.8 Å². The Bertz CT molecular complexity index is 885. The third kappa shape index (κ3) is 3.02. The van der Waals surface area contributed by atoms with Gasteiger partial charge in [0.2, 0.25) is 5.89 Å². The fraction of sp³-hybridized carbons (Fsp3) is 0.125. The molecule has 3 rings (SSSR count). The molecule has 0 unspecified atom stereocenters. The van der Waals surface area contributed by atoms with Crippen molar-refractivity contribution < 1.29 is 23.6 Å². The average Bonchev–Trinajstić information content (AvgIpc) is 3.01. The highest BCUT2D eigenvalue weighted by atomic mass is 16.6. The highest BCUT2D eigenvalue weighted by Crippen LogP contribution is 2.29. The molecule has 24 heavy (non-hydrogen) atoms. The maximum absolute atomic E-state index is 11.6. The van der Waals surface area contributed by atoms with E-state index in [1.807, 2.05) is 12.1 Å². The van der Waals surface area contributed by atoms with Gasteiger partial charge in [0.05, 0.1) is 17.6 Å². The summed E-state index contributed by atoms with van der Waals surface area (Å²) in [5.74, 6) is -0.407. The maximum Gasteiger partial charge on any atom is 0.337 e. The number of fused-ring (bicyclic) bond motifs is 1. The minimum absolute atomic E-state index is 0.0647. The van der Waals surface area contributed by atoms with E-state index in [4.69, 9.17) is 9.15 Å². The first kappa shape index (κ1) is 15.5. The van der Waals surface area contributed by atoms with Crippen molar-refractivity contribution in [2.75, 3.05) is 7.11 Å². The zero-order chi connectivity index (χ0) is 17.1. The number of nitro groups is 1. The van der Waals surface area contributed by atoms with Crippen molar-refractivity contribution in [3.05, 3.63) is 64.0 Å². The number of ether oxygens (including phenoxy) is 2. The van der Waals surface area contributed by atoms with E-state index in [1.165, 1.54) is 25.3 Å². The molecule has 122 valence electrons. The van der Waals surface area contributed by atoms with Crippen molar-refractivity contribution in [3.63, 3.8) is 0 Å². The molecule has 0 saturated heterocycles. The fourth-order valence-corrected chi connectivity index (χ4v) is 2.15. The number of oxazole rings is 1. The zero-order valence-electron chi connectivity index (χ0n) is 12.6. The van der Waals surface area contributed by atoms with Crippen molar-refractivity contribution in [2.24, 2.45) is 0 Å². The lowest BCUT2D eigenvalue weighted by Crippen LogP contribution is -2.04. The highest BCUT2D eigenvalue weighted by molar-refractivity contribution is 5.90. The number of benzene rings is 2. The van der Waals surface area contributed by atoms with Crippen LogP contribution in [0.2, 0.25) is 0 Å². The summed E-state index contributed by atoms with van der Waals surface area (Å²) in [6.07, 6.45) is 0. The third-order valence-corrected chi connectivity index (χ3v) is 3.27. The van der Waals surface area contributed by atoms with Crippen LogP contribution < -0.4 is 4.74 Å². The Hall–Kier alpha value is -3.42. The van der Waals surface area contributed by atoms with Gasteiger partial charge in [-0.1, -0.05) is 12.1 Å². The molecule has 0 saturated carbocycles. The Kier molecular flexibility index (Phi) is 4.11. The monoisotopic (exact) mass is 328 g/mol. The molecular formula is C16H12N2O6. The van der Waals surface area contributed by atoms with E-state index in [0.29, 0.717) is 11.1 Å². The van der Waals surface area contributed by atoms with Crippen LogP contribution in [-0.2, 0) is 11.3 Å². The van der Waals surface area contributed by atoms with E-state index in [1.54, 1.807) is 12.1 Å². The van der Waals surface area contributed by atoms with E-state index in [-0.39, 0.29) is 29.5 Å². The number of methoxy groups -OCH3 is 1. The standard InChI is InChI=1S/C16H12N2O6/c1-22-16(19)10-6-7-12(18(20)21)14(8-10)23-9-15-17-11-4-2-3-5-13(11)24-15/h2-8H,9H2,1H3. The molecule has 0 spiro atoms. The van der Waals surface area contributed by atoms with Crippen molar-refractivity contribution in [2.45, 2.75) is 6.61 Å². The van der Waals surface area contributed by atoms with Gasteiger partial charge >= 0.3 is 11.7 Å². The smallest absolute Gasteiger partial charge is 0.337 e. The number of carbonyl (C=O) groups excluding carboxylic acids is 1. The van der Waals surface area contributed by atoms with Gasteiger partial charge in [-0.05, 0) is 18.2 Å². The summed E-state index contributed by atoms with van der Waals surface area (Å²) >= 11 is 0. The van der Waals surface area contributed by atoms with Crippen LogP contribution in [0.25, 0.3) is 11.1 Å². The number of hydrogen-bond acceptors (Lipinski definition) is 7. The number of hydrogen-bond donors (Lipinski definition) is 0. The molecule has 0 N–H and O–H groups in total. The summed E-state index contributed by atoms with van der Waals surface area (Å²) in [5.41, 5.74) is 1.14. The molecule has 0 fully saturated rings. The van der Waals surface area contributed by atoms with Crippen LogP contribution in [0, 0.1) is 10.1 Å². The molecule has 0 aliphatic rings. The van der Waals surface area contributed by atoms with Gasteiger partial charge in [0.1, 0.15) is 5.52 Å². The number of esters is 1. The molecule has 0 radical (unpaired) electrons. The lowest BCUT2D eigenvalue weighted by atomic mass is 10.2. The first-order valence-corrected chi connectivity index (χ1v) is 6.92. The van der Waals surface area contributed by atoms with Crippen molar-refractivity contribution in [1.29, 1.82) is 0 Å². The summed E-state index contributed by atoms with van der Waals surface area (Å²) in [7, 11) is 1.22. The van der Waals surface area contributed by atoms with Gasteiger partial charge in [0, 0.05) is 12.1 Å². The van der Waals surface area contributed by atoms with Gasteiger partial charge < -0.3 is 13.9 Å². The van der Waals surface area contributed by atoms with Crippen molar-refractivity contribution in [1.82, 2.24) is 4.98 Å². The van der Waals surface area contributed by atoms with E-state index in [9.17, 15) is 14.9 Å². The SMILES string of the molecule is COC(=O)c1ccc([N+](=O)[O-])c(OCc2nc3ccccc3o2)c1. The van der Waals surface area contributed by atoms with E-state index in [2.05, 4.69) is 9.72 Å². The predicted octanol–water partition coefficient (Wildman–Crippen LogP) is 3.10. The quantitative estimate of drug-likeness (QED) is 0.402. The van der Waals surface area contributed by atoms with Gasteiger partial charge in [-0.25, -0.2) is 9.78 Å². The Morgan fingerprint density at radius 1 is 1.29 bits per heavy atom. The molecule has 0 atom stereocenters. The molecule has 1 heterocycles. The lowest BCUT2D eigenvalue weighted by molar-refractivity contribution is -0.386. The minimum Gasteiger partial charge on any atom is -0.477 e. The molecule has 0 aliphatic carbocycles. The third-order valence-electron chi connectivity index (χ3n) is 3.27. The van der Waals surface area contributed by atoms with E-state index in [0.717, 1.165) is 0 Å². The van der Waals surface area contributed by atoms with Gasteiger partial charge in [-0.3, -0.25) is 10.1 Å². The second-order valence-corrected chi connectivity index (χ2v) is 4.80. The van der Waals surface area contributed by atoms with Crippen LogP contribution in [0.5, 0.6) is 5.75 Å². The van der Waals surface area contributed by atoms with Crippen LogP contribution in [-0.4, -0.2) is 23.0 Å². The van der Waals surface area contributed by atoms with Crippen LogP contribution >= 0.6 is 0 Å². The highest BCUT2D eigenvalue weighted by Gasteiger charge is 2.19. The summed E-state index contributed by atoms with van der Waals surface area (Å²) in [4.78, 5) is 26.3. The second kappa shape index (κ2) is 6.37. The van der Waals surface area contributed by atoms with Crippen LogP contribution in [0.1, 0.15) is 16.2 Å². The molecule has 1 aromatic heterocycles. The predicted molar refractivity (Wildman–Crippen MR) is 82.8 cm³/mol. The maximum atomic E-state index is 11.6. The number of carbonyl (C=O) groups is 1. The zero-order valence-corrected chi connectivity index (χ0v) is 12.6. The molecule has 2 aromatic carbocycles. The Balaban J connectivity index is 1.87. The molecule has 8 nitrogen and oxygen atoms in total. The molecule has 0 amide bonds. The summed E-state index contributed by atoms with van der Waals surface area (Å²) in [6, 6.07) is 10.9. The first-order chi connectivity index (χ1) is 11.6. The molecular weight excluding hydrogens is 316 g/mol. The van der Waals surface area contributed by atoms with Gasteiger partial charge in [-0.2, -0.15) is 0 Å². The normalized spacial score (nSPS) is 10.5. The lowest BCUT2D eigenvalue weighted by Gasteiger charge is -2.06. The van der Waals surface area contributed by atoms with Crippen LogP contribution in [0.4, 0.5) is 5.69 Å². The van der Waals surface area contributed by atoms with E-state index < -0.39 is 10.9 Å².